The highest BCUT2D eigenvalue weighted by Gasteiger charge is 2.33. The van der Waals surface area contributed by atoms with E-state index >= 15 is 0 Å². The molecule has 0 unspecified atom stereocenters. The first-order valence-electron chi connectivity index (χ1n) is 13.9. The quantitative estimate of drug-likeness (QED) is 0.332. The number of hydrogen-bond donors (Lipinski definition) is 1. The Morgan fingerprint density at radius 2 is 1.62 bits per heavy atom. The number of benzene rings is 2. The number of hydrogen-bond acceptors (Lipinski definition) is 4. The minimum atomic E-state index is -0.731. The molecule has 1 aliphatic rings. The van der Waals surface area contributed by atoms with E-state index < -0.39 is 12.0 Å². The molecule has 1 fully saturated rings. The molecule has 0 aliphatic heterocycles. The lowest BCUT2D eigenvalue weighted by Gasteiger charge is -2.31. The molecule has 0 spiro atoms. The Hall–Kier alpha value is -2.82. The summed E-state index contributed by atoms with van der Waals surface area (Å²) in [7, 11) is 1.37. The molecule has 5 nitrogen and oxygen atoms in total. The van der Waals surface area contributed by atoms with Crippen LogP contribution in [-0.2, 0) is 27.2 Å². The molecule has 1 amide bonds. The summed E-state index contributed by atoms with van der Waals surface area (Å²) < 4.78 is 11.1. The summed E-state index contributed by atoms with van der Waals surface area (Å²) in [5, 5.41) is 3.01. The van der Waals surface area contributed by atoms with Gasteiger partial charge < -0.3 is 14.8 Å². The summed E-state index contributed by atoms with van der Waals surface area (Å²) in [5.41, 5.74) is 2.00. The molecule has 0 saturated heterocycles. The van der Waals surface area contributed by atoms with Crippen LogP contribution in [0.15, 0.2) is 54.6 Å². The fourth-order valence-electron chi connectivity index (χ4n) is 5.25. The van der Waals surface area contributed by atoms with Crippen LogP contribution in [0, 0.1) is 17.3 Å². The molecule has 0 bridgehead atoms. The highest BCUT2D eigenvalue weighted by molar-refractivity contribution is 5.86. The van der Waals surface area contributed by atoms with E-state index in [-0.39, 0.29) is 17.2 Å². The summed E-state index contributed by atoms with van der Waals surface area (Å²) in [6, 6.07) is 17.5. The number of nitrogens with one attached hydrogen (secondary N) is 1. The third-order valence-corrected chi connectivity index (χ3v) is 7.54. The van der Waals surface area contributed by atoms with Crippen LogP contribution in [0.2, 0.25) is 0 Å². The van der Waals surface area contributed by atoms with Crippen molar-refractivity contribution >= 4 is 11.9 Å². The Morgan fingerprint density at radius 3 is 2.24 bits per heavy atom. The van der Waals surface area contributed by atoms with Gasteiger partial charge in [0.15, 0.2) is 0 Å². The Balaban J connectivity index is 1.58. The van der Waals surface area contributed by atoms with Gasteiger partial charge in [0, 0.05) is 12.3 Å². The average molecular weight is 508 g/mol. The van der Waals surface area contributed by atoms with Gasteiger partial charge in [0.2, 0.25) is 5.91 Å². The number of aryl methyl sites for hydroxylation is 1. The molecule has 0 radical (unpaired) electrons. The zero-order valence-electron chi connectivity index (χ0n) is 23.1. The Kier molecular flexibility index (Phi) is 11.0. The van der Waals surface area contributed by atoms with Crippen LogP contribution in [0.25, 0.3) is 0 Å². The first-order chi connectivity index (χ1) is 17.8. The maximum Gasteiger partial charge on any atom is 0.328 e. The molecule has 1 saturated carbocycles. The molecule has 5 heteroatoms. The van der Waals surface area contributed by atoms with Gasteiger partial charge in [-0.25, -0.2) is 4.79 Å². The summed E-state index contributed by atoms with van der Waals surface area (Å²) in [6.45, 7) is 7.01. The zero-order chi connectivity index (χ0) is 26.7. The standard InChI is InChI=1S/C32H45NO4/c1-32(2,3)28(17-11-16-24-12-7-5-8-13-24)30(34)33-29(31(35)36-4)22-25-18-20-27(21-19-25)37-23-26-14-9-6-10-15-26/h5,7-8,12-13,18-21,26,28-29H,6,9-11,14-17,22-23H2,1-4H3,(H,33,34)/t28-,29-/m0/s1. The number of carbonyl (C=O) groups is 2. The predicted molar refractivity (Wildman–Crippen MR) is 148 cm³/mol. The van der Waals surface area contributed by atoms with Crippen molar-refractivity contribution in [2.24, 2.45) is 17.3 Å². The van der Waals surface area contributed by atoms with E-state index in [0.717, 1.165) is 37.2 Å². The summed E-state index contributed by atoms with van der Waals surface area (Å²) in [6.07, 6.45) is 9.41. The molecule has 0 heterocycles. The van der Waals surface area contributed by atoms with Gasteiger partial charge in [0.05, 0.1) is 13.7 Å². The SMILES string of the molecule is COC(=O)[C@H](Cc1ccc(OCC2CCCCC2)cc1)NC(=O)[C@H](CCCc1ccccc1)C(C)(C)C. The maximum absolute atomic E-state index is 13.4. The van der Waals surface area contributed by atoms with Crippen LogP contribution in [-0.4, -0.2) is 31.6 Å². The molecule has 3 rings (SSSR count). The molecule has 0 aromatic heterocycles. The van der Waals surface area contributed by atoms with Gasteiger partial charge in [0.25, 0.3) is 0 Å². The van der Waals surface area contributed by atoms with E-state index in [1.165, 1.54) is 44.8 Å². The van der Waals surface area contributed by atoms with Crippen LogP contribution in [0.5, 0.6) is 5.75 Å². The minimum Gasteiger partial charge on any atom is -0.493 e. The van der Waals surface area contributed by atoms with Crippen molar-refractivity contribution in [2.45, 2.75) is 84.6 Å². The number of methoxy groups -OCH3 is 1. The van der Waals surface area contributed by atoms with E-state index in [1.54, 1.807) is 0 Å². The molecular weight excluding hydrogens is 462 g/mol. The lowest BCUT2D eigenvalue weighted by Crippen LogP contribution is -2.48. The van der Waals surface area contributed by atoms with E-state index in [4.69, 9.17) is 9.47 Å². The van der Waals surface area contributed by atoms with Gasteiger partial charge in [-0.05, 0) is 66.7 Å². The molecular formula is C32H45NO4. The second-order valence-electron chi connectivity index (χ2n) is 11.5. The third kappa shape index (κ3) is 9.53. The molecule has 1 aliphatic carbocycles. The fraction of sp³-hybridized carbons (Fsp3) is 0.562. The molecule has 2 aromatic carbocycles. The number of carbonyl (C=O) groups excluding carboxylic acids is 2. The van der Waals surface area contributed by atoms with Gasteiger partial charge in [-0.3, -0.25) is 4.79 Å². The molecule has 1 N–H and O–H groups in total. The van der Waals surface area contributed by atoms with Crippen molar-refractivity contribution in [2.75, 3.05) is 13.7 Å². The van der Waals surface area contributed by atoms with Crippen LogP contribution in [0.4, 0.5) is 0 Å². The maximum atomic E-state index is 13.4. The first kappa shape index (κ1) is 28.7. The topological polar surface area (TPSA) is 64.6 Å². The third-order valence-electron chi connectivity index (χ3n) is 7.54. The van der Waals surface area contributed by atoms with Crippen molar-refractivity contribution < 1.29 is 19.1 Å². The minimum absolute atomic E-state index is 0.0941. The first-order valence-corrected chi connectivity index (χ1v) is 13.9. The van der Waals surface area contributed by atoms with Crippen molar-refractivity contribution in [1.82, 2.24) is 5.32 Å². The van der Waals surface area contributed by atoms with E-state index in [9.17, 15) is 9.59 Å². The Labute approximate surface area is 223 Å². The average Bonchev–Trinajstić information content (AvgIpc) is 2.90. The normalized spacial score (nSPS) is 16.0. The van der Waals surface area contributed by atoms with E-state index in [0.29, 0.717) is 12.3 Å². The smallest absolute Gasteiger partial charge is 0.328 e. The van der Waals surface area contributed by atoms with Crippen molar-refractivity contribution in [3.8, 4) is 5.75 Å². The molecule has 202 valence electrons. The number of esters is 1. The van der Waals surface area contributed by atoms with E-state index in [1.807, 2.05) is 42.5 Å². The van der Waals surface area contributed by atoms with Crippen molar-refractivity contribution in [1.29, 1.82) is 0 Å². The monoisotopic (exact) mass is 507 g/mol. The van der Waals surface area contributed by atoms with E-state index in [2.05, 4.69) is 38.2 Å². The summed E-state index contributed by atoms with van der Waals surface area (Å²) in [4.78, 5) is 26.0. The van der Waals surface area contributed by atoms with Gasteiger partial charge in [-0.15, -0.1) is 0 Å². The lowest BCUT2D eigenvalue weighted by molar-refractivity contribution is -0.146. The molecule has 2 atom stereocenters. The largest absolute Gasteiger partial charge is 0.493 e. The van der Waals surface area contributed by atoms with Crippen LogP contribution >= 0.6 is 0 Å². The lowest BCUT2D eigenvalue weighted by atomic mass is 9.77. The number of amides is 1. The zero-order valence-corrected chi connectivity index (χ0v) is 23.1. The molecule has 2 aromatic rings. The van der Waals surface area contributed by atoms with Gasteiger partial charge in [-0.2, -0.15) is 0 Å². The van der Waals surface area contributed by atoms with Gasteiger partial charge in [-0.1, -0.05) is 82.5 Å². The Morgan fingerprint density at radius 1 is 0.946 bits per heavy atom. The summed E-state index contributed by atoms with van der Waals surface area (Å²) in [5.74, 6) is 0.764. The van der Waals surface area contributed by atoms with Crippen LogP contribution < -0.4 is 10.1 Å². The second-order valence-corrected chi connectivity index (χ2v) is 11.5. The van der Waals surface area contributed by atoms with Gasteiger partial charge >= 0.3 is 5.97 Å². The van der Waals surface area contributed by atoms with Crippen molar-refractivity contribution in [3.05, 3.63) is 65.7 Å². The van der Waals surface area contributed by atoms with Crippen molar-refractivity contribution in [3.63, 3.8) is 0 Å². The number of rotatable bonds is 12. The predicted octanol–water partition coefficient (Wildman–Crippen LogP) is 6.53. The molecule has 37 heavy (non-hydrogen) atoms. The van der Waals surface area contributed by atoms with Crippen LogP contribution in [0.1, 0.15) is 76.8 Å². The highest BCUT2D eigenvalue weighted by Crippen LogP contribution is 2.31. The number of ether oxygens (including phenoxy) is 2. The second kappa shape index (κ2) is 14.2. The Bertz CT molecular complexity index is 959. The highest BCUT2D eigenvalue weighted by atomic mass is 16.5. The fourth-order valence-corrected chi connectivity index (χ4v) is 5.25. The summed E-state index contributed by atoms with van der Waals surface area (Å²) >= 11 is 0. The van der Waals surface area contributed by atoms with Crippen LogP contribution in [0.3, 0.4) is 0 Å². The van der Waals surface area contributed by atoms with Gasteiger partial charge in [0.1, 0.15) is 11.8 Å².